The van der Waals surface area contributed by atoms with E-state index in [1.165, 1.54) is 0 Å². The van der Waals surface area contributed by atoms with Crippen molar-refractivity contribution in [1.82, 2.24) is 5.32 Å². The molecule has 136 valence electrons. The van der Waals surface area contributed by atoms with Gasteiger partial charge in [0.25, 0.3) is 0 Å². The van der Waals surface area contributed by atoms with Crippen molar-refractivity contribution in [3.05, 3.63) is 29.3 Å². The second-order valence-corrected chi connectivity index (χ2v) is 6.67. The van der Waals surface area contributed by atoms with Crippen LogP contribution in [0, 0.1) is 5.92 Å². The van der Waals surface area contributed by atoms with Gasteiger partial charge in [0.15, 0.2) is 0 Å². The number of anilines is 1. The minimum Gasteiger partial charge on any atom is -0.481 e. The summed E-state index contributed by atoms with van der Waals surface area (Å²) in [6.45, 7) is 0.933. The SMILES string of the molecule is O=C(O)CCCCCCNC(=O)C1CC(=O)N(c2ccc(Cl)cc2)C1. The molecular formula is C18H23ClN2O4. The van der Waals surface area contributed by atoms with Crippen molar-refractivity contribution in [2.75, 3.05) is 18.0 Å². The number of amides is 2. The number of carbonyl (C=O) groups is 3. The van der Waals surface area contributed by atoms with Crippen LogP contribution >= 0.6 is 11.6 Å². The molecule has 0 spiro atoms. The maximum atomic E-state index is 12.2. The predicted octanol–water partition coefficient (Wildman–Crippen LogP) is 2.84. The number of carboxylic acid groups (broad SMARTS) is 1. The van der Waals surface area contributed by atoms with E-state index in [-0.39, 0.29) is 30.6 Å². The molecule has 25 heavy (non-hydrogen) atoms. The van der Waals surface area contributed by atoms with Gasteiger partial charge in [0.1, 0.15) is 0 Å². The molecule has 2 N–H and O–H groups in total. The van der Waals surface area contributed by atoms with Crippen molar-refractivity contribution in [3.63, 3.8) is 0 Å². The molecule has 0 aromatic heterocycles. The van der Waals surface area contributed by atoms with Gasteiger partial charge in [-0.15, -0.1) is 0 Å². The Hall–Kier alpha value is -2.08. The molecule has 2 amide bonds. The molecule has 1 aliphatic heterocycles. The number of halogens is 1. The van der Waals surface area contributed by atoms with E-state index in [0.717, 1.165) is 24.9 Å². The zero-order valence-electron chi connectivity index (χ0n) is 14.0. The van der Waals surface area contributed by atoms with E-state index < -0.39 is 5.97 Å². The first-order valence-electron chi connectivity index (χ1n) is 8.53. The first kappa shape index (κ1) is 19.2. The van der Waals surface area contributed by atoms with Gasteiger partial charge in [0.05, 0.1) is 5.92 Å². The lowest BCUT2D eigenvalue weighted by Crippen LogP contribution is -2.33. The first-order valence-corrected chi connectivity index (χ1v) is 8.90. The number of rotatable bonds is 9. The first-order chi connectivity index (χ1) is 12.0. The summed E-state index contributed by atoms with van der Waals surface area (Å²) in [5.74, 6) is -1.27. The Balaban J connectivity index is 1.69. The van der Waals surface area contributed by atoms with E-state index in [0.29, 0.717) is 24.5 Å². The van der Waals surface area contributed by atoms with Gasteiger partial charge in [-0.05, 0) is 37.1 Å². The standard InChI is InChI=1S/C18H23ClN2O4/c19-14-6-8-15(9-7-14)21-12-13(11-16(21)22)18(25)20-10-4-2-1-3-5-17(23)24/h6-9,13H,1-5,10-12H2,(H,20,25)(H,23,24). The largest absolute Gasteiger partial charge is 0.481 e. The zero-order chi connectivity index (χ0) is 18.2. The summed E-state index contributed by atoms with van der Waals surface area (Å²) in [7, 11) is 0. The summed E-state index contributed by atoms with van der Waals surface area (Å²) in [4.78, 5) is 36.4. The van der Waals surface area contributed by atoms with Gasteiger partial charge in [-0.2, -0.15) is 0 Å². The molecule has 1 heterocycles. The molecule has 0 aliphatic carbocycles. The molecule has 1 unspecified atom stereocenters. The van der Waals surface area contributed by atoms with E-state index in [2.05, 4.69) is 5.32 Å². The number of aliphatic carboxylic acids is 1. The minimum absolute atomic E-state index is 0.0591. The summed E-state index contributed by atoms with van der Waals surface area (Å²) < 4.78 is 0. The molecule has 1 aromatic rings. The van der Waals surface area contributed by atoms with Gasteiger partial charge in [0, 0.05) is 36.6 Å². The van der Waals surface area contributed by atoms with Crippen LogP contribution < -0.4 is 10.2 Å². The summed E-state index contributed by atoms with van der Waals surface area (Å²) in [6, 6.07) is 7.00. The highest BCUT2D eigenvalue weighted by atomic mass is 35.5. The Labute approximate surface area is 152 Å². The van der Waals surface area contributed by atoms with Crippen molar-refractivity contribution < 1.29 is 19.5 Å². The predicted molar refractivity (Wildman–Crippen MR) is 95.6 cm³/mol. The summed E-state index contributed by atoms with van der Waals surface area (Å²) in [5, 5.41) is 12.0. The number of carbonyl (C=O) groups excluding carboxylic acids is 2. The van der Waals surface area contributed by atoms with Crippen LogP contribution in [-0.2, 0) is 14.4 Å². The lowest BCUT2D eigenvalue weighted by Gasteiger charge is -2.16. The molecule has 1 fully saturated rings. The van der Waals surface area contributed by atoms with Crippen LogP contribution in [-0.4, -0.2) is 36.0 Å². The second kappa shape index (κ2) is 9.42. The number of benzene rings is 1. The highest BCUT2D eigenvalue weighted by molar-refractivity contribution is 6.30. The summed E-state index contributed by atoms with van der Waals surface area (Å²) in [6.07, 6.45) is 3.61. The van der Waals surface area contributed by atoms with Crippen molar-refractivity contribution in [1.29, 1.82) is 0 Å². The molecule has 0 saturated carbocycles. The van der Waals surface area contributed by atoms with Crippen LogP contribution in [0.2, 0.25) is 5.02 Å². The Morgan fingerprint density at radius 1 is 1.16 bits per heavy atom. The maximum Gasteiger partial charge on any atom is 0.303 e. The summed E-state index contributed by atoms with van der Waals surface area (Å²) >= 11 is 5.86. The topological polar surface area (TPSA) is 86.7 Å². The molecule has 1 aromatic carbocycles. The third-order valence-corrected chi connectivity index (χ3v) is 4.50. The van der Waals surface area contributed by atoms with Gasteiger partial charge in [-0.25, -0.2) is 0 Å². The Morgan fingerprint density at radius 3 is 2.52 bits per heavy atom. The molecule has 0 radical (unpaired) electrons. The minimum atomic E-state index is -0.774. The van der Waals surface area contributed by atoms with Crippen LogP contribution in [0.25, 0.3) is 0 Å². The van der Waals surface area contributed by atoms with Crippen LogP contribution in [0.1, 0.15) is 38.5 Å². The smallest absolute Gasteiger partial charge is 0.303 e. The lowest BCUT2D eigenvalue weighted by molar-refractivity contribution is -0.137. The number of nitrogens with zero attached hydrogens (tertiary/aromatic N) is 1. The van der Waals surface area contributed by atoms with Crippen LogP contribution in [0.15, 0.2) is 24.3 Å². The van der Waals surface area contributed by atoms with E-state index in [1.807, 2.05) is 0 Å². The second-order valence-electron chi connectivity index (χ2n) is 6.23. The van der Waals surface area contributed by atoms with Crippen molar-refractivity contribution >= 4 is 35.1 Å². The van der Waals surface area contributed by atoms with Crippen molar-refractivity contribution in [2.24, 2.45) is 5.92 Å². The summed E-state index contributed by atoms with van der Waals surface area (Å²) in [5.41, 5.74) is 0.753. The Kier molecular flexibility index (Phi) is 7.25. The monoisotopic (exact) mass is 366 g/mol. The van der Waals surface area contributed by atoms with Crippen molar-refractivity contribution in [2.45, 2.75) is 38.5 Å². The van der Waals surface area contributed by atoms with Crippen LogP contribution in [0.3, 0.4) is 0 Å². The van der Waals surface area contributed by atoms with Crippen LogP contribution in [0.4, 0.5) is 5.69 Å². The number of hydrogen-bond donors (Lipinski definition) is 2. The Morgan fingerprint density at radius 2 is 1.84 bits per heavy atom. The van der Waals surface area contributed by atoms with Gasteiger partial charge in [0.2, 0.25) is 11.8 Å². The van der Waals surface area contributed by atoms with Crippen LogP contribution in [0.5, 0.6) is 0 Å². The molecule has 1 saturated heterocycles. The molecule has 1 aliphatic rings. The van der Waals surface area contributed by atoms with E-state index >= 15 is 0 Å². The normalized spacial score (nSPS) is 16.9. The third-order valence-electron chi connectivity index (χ3n) is 4.25. The molecule has 7 heteroatoms. The quantitative estimate of drug-likeness (QED) is 0.658. The molecule has 0 bridgehead atoms. The lowest BCUT2D eigenvalue weighted by atomic mass is 10.1. The van der Waals surface area contributed by atoms with Gasteiger partial charge < -0.3 is 15.3 Å². The maximum absolute atomic E-state index is 12.2. The fourth-order valence-corrected chi connectivity index (χ4v) is 2.99. The zero-order valence-corrected chi connectivity index (χ0v) is 14.8. The fourth-order valence-electron chi connectivity index (χ4n) is 2.86. The van der Waals surface area contributed by atoms with Gasteiger partial charge in [-0.3, -0.25) is 14.4 Å². The molecule has 6 nitrogen and oxygen atoms in total. The van der Waals surface area contributed by atoms with E-state index in [4.69, 9.17) is 16.7 Å². The average molecular weight is 367 g/mol. The van der Waals surface area contributed by atoms with Gasteiger partial charge in [-0.1, -0.05) is 24.4 Å². The molecule has 1 atom stereocenters. The fraction of sp³-hybridized carbons (Fsp3) is 0.500. The van der Waals surface area contributed by atoms with Crippen molar-refractivity contribution in [3.8, 4) is 0 Å². The third kappa shape index (κ3) is 6.05. The van der Waals surface area contributed by atoms with E-state index in [9.17, 15) is 14.4 Å². The number of unbranched alkanes of at least 4 members (excludes halogenated alkanes) is 3. The number of nitrogens with one attached hydrogen (secondary N) is 1. The molecular weight excluding hydrogens is 344 g/mol. The Bertz CT molecular complexity index is 618. The van der Waals surface area contributed by atoms with E-state index in [1.54, 1.807) is 29.2 Å². The van der Waals surface area contributed by atoms with Gasteiger partial charge >= 0.3 is 5.97 Å². The number of hydrogen-bond acceptors (Lipinski definition) is 3. The highest BCUT2D eigenvalue weighted by Crippen LogP contribution is 2.26. The average Bonchev–Trinajstić information content (AvgIpc) is 2.96. The number of carboxylic acids is 1. The highest BCUT2D eigenvalue weighted by Gasteiger charge is 2.34. The molecule has 2 rings (SSSR count).